The minimum atomic E-state index is -1.30. The van der Waals surface area contributed by atoms with Gasteiger partial charge >= 0.3 is 0 Å². The van der Waals surface area contributed by atoms with Gasteiger partial charge in [0, 0.05) is 28.9 Å². The summed E-state index contributed by atoms with van der Waals surface area (Å²) < 4.78 is 0. The SMILES string of the molecule is Cc1ccccc1CNCC(=O)Nc1ccc(C#Cc2ccc(C(=O)N[C@@H](C(=O)NO)[C@H](C)O)cc2)cc1. The summed E-state index contributed by atoms with van der Waals surface area (Å²) in [5.41, 5.74) is 6.09. The van der Waals surface area contributed by atoms with E-state index < -0.39 is 24.0 Å². The van der Waals surface area contributed by atoms with Crippen LogP contribution in [0.3, 0.4) is 0 Å². The maximum Gasteiger partial charge on any atom is 0.268 e. The van der Waals surface area contributed by atoms with E-state index in [9.17, 15) is 19.5 Å². The van der Waals surface area contributed by atoms with Crippen LogP contribution in [0.25, 0.3) is 0 Å². The summed E-state index contributed by atoms with van der Waals surface area (Å²) in [6.07, 6.45) is -1.20. The van der Waals surface area contributed by atoms with Gasteiger partial charge in [0.1, 0.15) is 6.04 Å². The molecule has 3 aromatic carbocycles. The topological polar surface area (TPSA) is 140 Å². The van der Waals surface area contributed by atoms with Crippen molar-refractivity contribution in [2.75, 3.05) is 11.9 Å². The number of amides is 3. The Morgan fingerprint density at radius 1 is 0.895 bits per heavy atom. The molecular weight excluding hydrogens is 484 g/mol. The third kappa shape index (κ3) is 8.28. The fraction of sp³-hybridized carbons (Fsp3) is 0.207. The molecule has 0 aromatic heterocycles. The average Bonchev–Trinajstić information content (AvgIpc) is 2.92. The van der Waals surface area contributed by atoms with Gasteiger partial charge in [-0.3, -0.25) is 19.6 Å². The van der Waals surface area contributed by atoms with Gasteiger partial charge in [-0.05, 0) is 73.5 Å². The minimum absolute atomic E-state index is 0.140. The van der Waals surface area contributed by atoms with Gasteiger partial charge in [-0.15, -0.1) is 0 Å². The summed E-state index contributed by atoms with van der Waals surface area (Å²) >= 11 is 0. The highest BCUT2D eigenvalue weighted by Crippen LogP contribution is 2.10. The number of aliphatic hydroxyl groups excluding tert-OH is 1. The van der Waals surface area contributed by atoms with Crippen LogP contribution in [0.4, 0.5) is 5.69 Å². The first-order valence-corrected chi connectivity index (χ1v) is 12.0. The molecule has 0 radical (unpaired) electrons. The summed E-state index contributed by atoms with van der Waals surface area (Å²) in [4.78, 5) is 36.2. The molecular formula is C29H30N4O5. The fourth-order valence-electron chi connectivity index (χ4n) is 3.51. The number of hydroxylamine groups is 1. The zero-order valence-corrected chi connectivity index (χ0v) is 21.1. The van der Waals surface area contributed by atoms with Crippen LogP contribution in [-0.4, -0.2) is 46.7 Å². The Balaban J connectivity index is 1.51. The Labute approximate surface area is 221 Å². The molecule has 3 amide bonds. The van der Waals surface area contributed by atoms with Crippen LogP contribution < -0.4 is 21.4 Å². The molecule has 0 saturated heterocycles. The molecule has 3 aromatic rings. The lowest BCUT2D eigenvalue weighted by molar-refractivity contribution is -0.133. The number of nitrogens with one attached hydrogen (secondary N) is 4. The fourth-order valence-corrected chi connectivity index (χ4v) is 3.51. The highest BCUT2D eigenvalue weighted by Gasteiger charge is 2.25. The largest absolute Gasteiger partial charge is 0.391 e. The molecule has 0 aliphatic heterocycles. The quantitative estimate of drug-likeness (QED) is 0.147. The standard InChI is InChI=1S/C29H30N4O5/c1-19-5-3-4-6-24(19)17-30-18-26(35)31-25-15-11-22(12-16-25)8-7-21-9-13-23(14-10-21)28(36)32-27(20(2)34)29(37)33-38/h3-6,9-16,20,27,30,34,38H,17-18H2,1-2H3,(H,31,35)(H,32,36)(H,33,37)/t20-,27+/m0/s1. The Morgan fingerprint density at radius 3 is 2.08 bits per heavy atom. The molecule has 196 valence electrons. The number of benzene rings is 3. The lowest BCUT2D eigenvalue weighted by Crippen LogP contribution is -2.51. The highest BCUT2D eigenvalue weighted by atomic mass is 16.5. The summed E-state index contributed by atoms with van der Waals surface area (Å²) in [5.74, 6) is 4.39. The van der Waals surface area contributed by atoms with Crippen molar-refractivity contribution in [2.45, 2.75) is 32.5 Å². The first kappa shape index (κ1) is 28.1. The van der Waals surface area contributed by atoms with Crippen molar-refractivity contribution in [1.29, 1.82) is 0 Å². The number of carbonyl (C=O) groups is 3. The van der Waals surface area contributed by atoms with E-state index in [1.807, 2.05) is 31.2 Å². The Bertz CT molecular complexity index is 1330. The third-order valence-electron chi connectivity index (χ3n) is 5.69. The zero-order valence-electron chi connectivity index (χ0n) is 21.1. The molecule has 0 unspecified atom stereocenters. The maximum atomic E-state index is 12.4. The van der Waals surface area contributed by atoms with Gasteiger partial charge < -0.3 is 21.1 Å². The molecule has 0 fully saturated rings. The van der Waals surface area contributed by atoms with Gasteiger partial charge in [0.15, 0.2) is 0 Å². The van der Waals surface area contributed by atoms with Crippen LogP contribution in [0, 0.1) is 18.8 Å². The first-order chi connectivity index (χ1) is 18.3. The van der Waals surface area contributed by atoms with Crippen molar-refractivity contribution in [3.63, 3.8) is 0 Å². The van der Waals surface area contributed by atoms with Crippen LogP contribution in [0.2, 0.25) is 0 Å². The second-order valence-corrected chi connectivity index (χ2v) is 8.65. The second-order valence-electron chi connectivity index (χ2n) is 8.65. The van der Waals surface area contributed by atoms with Crippen LogP contribution in [-0.2, 0) is 16.1 Å². The van der Waals surface area contributed by atoms with Crippen molar-refractivity contribution < 1.29 is 24.7 Å². The van der Waals surface area contributed by atoms with Gasteiger partial charge in [0.05, 0.1) is 12.6 Å². The summed E-state index contributed by atoms with van der Waals surface area (Å²) in [6.45, 7) is 4.17. The van der Waals surface area contributed by atoms with E-state index in [1.54, 1.807) is 48.5 Å². The van der Waals surface area contributed by atoms with E-state index in [4.69, 9.17) is 5.21 Å². The molecule has 9 nitrogen and oxygen atoms in total. The molecule has 38 heavy (non-hydrogen) atoms. The van der Waals surface area contributed by atoms with E-state index in [1.165, 1.54) is 18.0 Å². The smallest absolute Gasteiger partial charge is 0.268 e. The minimum Gasteiger partial charge on any atom is -0.391 e. The summed E-state index contributed by atoms with van der Waals surface area (Å²) in [5, 5.41) is 26.8. The predicted molar refractivity (Wildman–Crippen MR) is 143 cm³/mol. The Kier molecular flexibility index (Phi) is 10.1. The lowest BCUT2D eigenvalue weighted by Gasteiger charge is -2.19. The first-order valence-electron chi connectivity index (χ1n) is 12.0. The summed E-state index contributed by atoms with van der Waals surface area (Å²) in [6, 6.07) is 20.3. The van der Waals surface area contributed by atoms with Crippen LogP contribution in [0.15, 0.2) is 72.8 Å². The summed E-state index contributed by atoms with van der Waals surface area (Å²) in [7, 11) is 0. The number of rotatable bonds is 9. The van der Waals surface area contributed by atoms with Crippen molar-refractivity contribution >= 4 is 23.4 Å². The van der Waals surface area contributed by atoms with Crippen molar-refractivity contribution in [1.82, 2.24) is 16.1 Å². The van der Waals surface area contributed by atoms with Crippen molar-refractivity contribution in [2.24, 2.45) is 0 Å². The van der Waals surface area contributed by atoms with E-state index in [2.05, 4.69) is 27.8 Å². The average molecular weight is 515 g/mol. The number of anilines is 1. The van der Waals surface area contributed by atoms with Gasteiger partial charge in [-0.2, -0.15) is 0 Å². The second kappa shape index (κ2) is 13.7. The van der Waals surface area contributed by atoms with E-state index in [0.717, 1.165) is 11.1 Å². The Morgan fingerprint density at radius 2 is 1.50 bits per heavy atom. The molecule has 0 saturated carbocycles. The zero-order chi connectivity index (χ0) is 27.5. The van der Waals surface area contributed by atoms with Gasteiger partial charge in [0.2, 0.25) is 5.91 Å². The predicted octanol–water partition coefficient (Wildman–Crippen LogP) is 2.11. The number of aliphatic hydroxyl groups is 1. The molecule has 2 atom stereocenters. The molecule has 0 spiro atoms. The van der Waals surface area contributed by atoms with Gasteiger partial charge in [-0.1, -0.05) is 36.1 Å². The number of aryl methyl sites for hydroxylation is 1. The number of hydrogen-bond donors (Lipinski definition) is 6. The van der Waals surface area contributed by atoms with Crippen LogP contribution in [0.1, 0.15) is 39.5 Å². The van der Waals surface area contributed by atoms with Gasteiger partial charge in [-0.25, -0.2) is 5.48 Å². The highest BCUT2D eigenvalue weighted by molar-refractivity contribution is 5.97. The van der Waals surface area contributed by atoms with Crippen molar-refractivity contribution in [3.05, 3.63) is 101 Å². The monoisotopic (exact) mass is 514 g/mol. The molecule has 9 heteroatoms. The Hall–Kier alpha value is -4.49. The number of hydrogen-bond acceptors (Lipinski definition) is 6. The molecule has 0 heterocycles. The molecule has 0 aliphatic rings. The molecule has 0 bridgehead atoms. The molecule has 6 N–H and O–H groups in total. The van der Waals surface area contributed by atoms with E-state index in [-0.39, 0.29) is 18.0 Å². The van der Waals surface area contributed by atoms with E-state index >= 15 is 0 Å². The number of carbonyl (C=O) groups excluding carboxylic acids is 3. The van der Waals surface area contributed by atoms with Gasteiger partial charge in [0.25, 0.3) is 11.8 Å². The third-order valence-corrected chi connectivity index (χ3v) is 5.69. The van der Waals surface area contributed by atoms with Crippen LogP contribution >= 0.6 is 0 Å². The van der Waals surface area contributed by atoms with E-state index in [0.29, 0.717) is 17.8 Å². The van der Waals surface area contributed by atoms with Crippen molar-refractivity contribution in [3.8, 4) is 11.8 Å². The molecule has 0 aliphatic carbocycles. The molecule has 3 rings (SSSR count). The lowest BCUT2D eigenvalue weighted by atomic mass is 10.1. The maximum absolute atomic E-state index is 12.4. The van der Waals surface area contributed by atoms with Crippen LogP contribution in [0.5, 0.6) is 0 Å². The normalized spacial score (nSPS) is 11.9.